The fourth-order valence-corrected chi connectivity index (χ4v) is 1.93. The van der Waals surface area contributed by atoms with Crippen molar-refractivity contribution in [3.8, 4) is 12.3 Å². The van der Waals surface area contributed by atoms with Gasteiger partial charge in [-0.05, 0) is 29.8 Å². The van der Waals surface area contributed by atoms with Crippen LogP contribution in [0, 0.1) is 12.3 Å². The summed E-state index contributed by atoms with van der Waals surface area (Å²) in [5.74, 6) is 2.71. The Bertz CT molecular complexity index is 525. The fourth-order valence-electron chi connectivity index (χ4n) is 1.80. The van der Waals surface area contributed by atoms with E-state index in [2.05, 4.69) is 23.4 Å². The van der Waals surface area contributed by atoms with Crippen LogP contribution in [0.4, 0.5) is 5.69 Å². The number of rotatable bonds is 4. The minimum Gasteiger partial charge on any atom is -0.377 e. The maximum Gasteiger partial charge on any atom is 0.0623 e. The zero-order chi connectivity index (χ0) is 12.8. The molecule has 0 aromatic heterocycles. The van der Waals surface area contributed by atoms with Gasteiger partial charge < -0.3 is 5.32 Å². The standard InChI is InChI=1S/C16H14ClN/c1-2-6-16(13-7-4-3-5-8-13)18-15-11-9-14(17)10-12-15/h1,3-5,7-12,16,18H,6H2. The van der Waals surface area contributed by atoms with Crippen LogP contribution < -0.4 is 5.32 Å². The van der Waals surface area contributed by atoms with Gasteiger partial charge in [-0.25, -0.2) is 0 Å². The summed E-state index contributed by atoms with van der Waals surface area (Å²) >= 11 is 5.87. The van der Waals surface area contributed by atoms with Crippen LogP contribution in [0.1, 0.15) is 18.0 Å². The Kier molecular flexibility index (Phi) is 4.28. The highest BCUT2D eigenvalue weighted by Crippen LogP contribution is 2.23. The number of benzene rings is 2. The van der Waals surface area contributed by atoms with E-state index >= 15 is 0 Å². The summed E-state index contributed by atoms with van der Waals surface area (Å²) in [6.45, 7) is 0. The van der Waals surface area contributed by atoms with Crippen LogP contribution in [-0.4, -0.2) is 0 Å². The van der Waals surface area contributed by atoms with E-state index in [1.165, 1.54) is 5.56 Å². The molecule has 2 rings (SSSR count). The fraction of sp³-hybridized carbons (Fsp3) is 0.125. The molecule has 1 N–H and O–H groups in total. The molecule has 0 bridgehead atoms. The molecule has 2 aromatic carbocycles. The van der Waals surface area contributed by atoms with Crippen LogP contribution in [0.3, 0.4) is 0 Å². The lowest BCUT2D eigenvalue weighted by Gasteiger charge is -2.18. The van der Waals surface area contributed by atoms with Gasteiger partial charge in [-0.1, -0.05) is 41.9 Å². The van der Waals surface area contributed by atoms with Crippen molar-refractivity contribution in [2.75, 3.05) is 5.32 Å². The second-order valence-electron chi connectivity index (χ2n) is 4.02. The lowest BCUT2D eigenvalue weighted by Crippen LogP contribution is -2.09. The lowest BCUT2D eigenvalue weighted by molar-refractivity contribution is 0.814. The highest BCUT2D eigenvalue weighted by atomic mass is 35.5. The third-order valence-electron chi connectivity index (χ3n) is 2.71. The van der Waals surface area contributed by atoms with Gasteiger partial charge in [0.1, 0.15) is 0 Å². The minimum atomic E-state index is 0.123. The Morgan fingerprint density at radius 3 is 2.33 bits per heavy atom. The Morgan fingerprint density at radius 1 is 1.06 bits per heavy atom. The molecule has 18 heavy (non-hydrogen) atoms. The summed E-state index contributed by atoms with van der Waals surface area (Å²) in [5.41, 5.74) is 2.20. The Hall–Kier alpha value is -1.91. The van der Waals surface area contributed by atoms with Crippen molar-refractivity contribution in [2.24, 2.45) is 0 Å². The Morgan fingerprint density at radius 2 is 1.72 bits per heavy atom. The molecule has 90 valence electrons. The molecule has 1 unspecified atom stereocenters. The average molecular weight is 256 g/mol. The predicted molar refractivity (Wildman–Crippen MR) is 77.7 cm³/mol. The smallest absolute Gasteiger partial charge is 0.0623 e. The third kappa shape index (κ3) is 3.29. The molecule has 0 saturated heterocycles. The van der Waals surface area contributed by atoms with Crippen LogP contribution >= 0.6 is 11.6 Å². The van der Waals surface area contributed by atoms with Crippen LogP contribution in [0.25, 0.3) is 0 Å². The molecule has 0 radical (unpaired) electrons. The summed E-state index contributed by atoms with van der Waals surface area (Å²) in [6.07, 6.45) is 6.08. The van der Waals surface area contributed by atoms with Crippen molar-refractivity contribution in [2.45, 2.75) is 12.5 Å². The van der Waals surface area contributed by atoms with Crippen LogP contribution in [0.5, 0.6) is 0 Å². The number of hydrogen-bond acceptors (Lipinski definition) is 1. The van der Waals surface area contributed by atoms with Crippen molar-refractivity contribution >= 4 is 17.3 Å². The molecule has 0 heterocycles. The molecular weight excluding hydrogens is 242 g/mol. The van der Waals surface area contributed by atoms with Crippen molar-refractivity contribution in [3.05, 3.63) is 65.2 Å². The number of halogens is 1. The van der Waals surface area contributed by atoms with E-state index in [0.29, 0.717) is 6.42 Å². The molecule has 0 fully saturated rings. The van der Waals surface area contributed by atoms with E-state index in [1.54, 1.807) is 0 Å². The van der Waals surface area contributed by atoms with Gasteiger partial charge in [0.05, 0.1) is 6.04 Å². The van der Waals surface area contributed by atoms with E-state index in [9.17, 15) is 0 Å². The summed E-state index contributed by atoms with van der Waals surface area (Å²) in [7, 11) is 0. The molecule has 2 heteroatoms. The third-order valence-corrected chi connectivity index (χ3v) is 2.96. The number of terminal acetylenes is 1. The van der Waals surface area contributed by atoms with Crippen molar-refractivity contribution in [1.82, 2.24) is 0 Å². The van der Waals surface area contributed by atoms with Gasteiger partial charge in [-0.15, -0.1) is 12.3 Å². The first-order valence-corrected chi connectivity index (χ1v) is 6.18. The zero-order valence-electron chi connectivity index (χ0n) is 9.94. The second-order valence-corrected chi connectivity index (χ2v) is 4.46. The molecule has 0 aliphatic heterocycles. The van der Waals surface area contributed by atoms with Gasteiger partial charge in [0.15, 0.2) is 0 Å². The molecule has 1 nitrogen and oxygen atoms in total. The zero-order valence-corrected chi connectivity index (χ0v) is 10.7. The van der Waals surface area contributed by atoms with Gasteiger partial charge in [0.25, 0.3) is 0 Å². The number of anilines is 1. The molecule has 0 saturated carbocycles. The minimum absolute atomic E-state index is 0.123. The summed E-state index contributed by atoms with van der Waals surface area (Å²) in [5, 5.41) is 4.15. The quantitative estimate of drug-likeness (QED) is 0.793. The maximum absolute atomic E-state index is 5.87. The second kappa shape index (κ2) is 6.14. The molecule has 1 atom stereocenters. The predicted octanol–water partition coefficient (Wildman–Crippen LogP) is 4.52. The number of hydrogen-bond donors (Lipinski definition) is 1. The van der Waals surface area contributed by atoms with Crippen LogP contribution in [0.15, 0.2) is 54.6 Å². The summed E-state index contributed by atoms with van der Waals surface area (Å²) < 4.78 is 0. The molecular formula is C16H14ClN. The Balaban J connectivity index is 2.17. The highest BCUT2D eigenvalue weighted by molar-refractivity contribution is 6.30. The molecule has 0 aliphatic rings. The highest BCUT2D eigenvalue weighted by Gasteiger charge is 2.09. The molecule has 0 spiro atoms. The normalized spacial score (nSPS) is 11.6. The van der Waals surface area contributed by atoms with Gasteiger partial charge in [0, 0.05) is 17.1 Å². The largest absolute Gasteiger partial charge is 0.377 e. The Labute approximate surface area is 113 Å². The molecule has 2 aromatic rings. The van der Waals surface area contributed by atoms with Crippen molar-refractivity contribution in [3.63, 3.8) is 0 Å². The van der Waals surface area contributed by atoms with E-state index in [-0.39, 0.29) is 6.04 Å². The lowest BCUT2D eigenvalue weighted by atomic mass is 10.0. The first-order chi connectivity index (χ1) is 8.79. The van der Waals surface area contributed by atoms with Crippen molar-refractivity contribution < 1.29 is 0 Å². The molecule has 0 amide bonds. The van der Waals surface area contributed by atoms with E-state index in [0.717, 1.165) is 10.7 Å². The van der Waals surface area contributed by atoms with Crippen molar-refractivity contribution in [1.29, 1.82) is 0 Å². The van der Waals surface area contributed by atoms with E-state index in [4.69, 9.17) is 18.0 Å². The number of nitrogens with one attached hydrogen (secondary N) is 1. The van der Waals surface area contributed by atoms with Gasteiger partial charge in [-0.3, -0.25) is 0 Å². The molecule has 0 aliphatic carbocycles. The van der Waals surface area contributed by atoms with E-state index < -0.39 is 0 Å². The van der Waals surface area contributed by atoms with Crippen LogP contribution in [-0.2, 0) is 0 Å². The summed E-state index contributed by atoms with van der Waals surface area (Å²) in [4.78, 5) is 0. The van der Waals surface area contributed by atoms with Crippen LogP contribution in [0.2, 0.25) is 5.02 Å². The average Bonchev–Trinajstić information content (AvgIpc) is 2.42. The SMILES string of the molecule is C#CCC(Nc1ccc(Cl)cc1)c1ccccc1. The van der Waals surface area contributed by atoms with Gasteiger partial charge in [0.2, 0.25) is 0 Å². The van der Waals surface area contributed by atoms with Gasteiger partial charge >= 0.3 is 0 Å². The maximum atomic E-state index is 5.87. The first-order valence-electron chi connectivity index (χ1n) is 5.80. The summed E-state index contributed by atoms with van der Waals surface area (Å²) in [6, 6.07) is 17.9. The monoisotopic (exact) mass is 255 g/mol. The first kappa shape index (κ1) is 12.5. The van der Waals surface area contributed by atoms with E-state index in [1.807, 2.05) is 42.5 Å². The topological polar surface area (TPSA) is 12.0 Å². The van der Waals surface area contributed by atoms with Gasteiger partial charge in [-0.2, -0.15) is 0 Å².